The molecule has 0 aliphatic heterocycles. The van der Waals surface area contributed by atoms with E-state index in [0.29, 0.717) is 6.10 Å². The maximum atomic E-state index is 11.9. The molecule has 1 N–H and O–H groups in total. The normalized spacial score (nSPS) is 18.7. The topological polar surface area (TPSA) is 47.6 Å². The zero-order valence-electron chi connectivity index (χ0n) is 12.7. The number of hydrogen-bond acceptors (Lipinski definition) is 4. The second-order valence-corrected chi connectivity index (χ2v) is 5.63. The minimum Gasteiger partial charge on any atom is -0.468 e. The minimum atomic E-state index is -0.554. The highest BCUT2D eigenvalue weighted by atomic mass is 16.5. The lowest BCUT2D eigenvalue weighted by Gasteiger charge is -2.28. The van der Waals surface area contributed by atoms with Crippen molar-refractivity contribution in [3.63, 3.8) is 0 Å². The molecule has 4 heteroatoms. The summed E-state index contributed by atoms with van der Waals surface area (Å²) in [5.41, 5.74) is -0.554. The molecule has 0 amide bonds. The average Bonchev–Trinajstić information content (AvgIpc) is 2.37. The van der Waals surface area contributed by atoms with Crippen LogP contribution in [0, 0.1) is 0 Å². The zero-order valence-corrected chi connectivity index (χ0v) is 12.7. The van der Waals surface area contributed by atoms with Crippen LogP contribution < -0.4 is 5.32 Å². The van der Waals surface area contributed by atoms with Crippen molar-refractivity contribution >= 4 is 5.97 Å². The number of hydrogen-bond donors (Lipinski definition) is 1. The molecule has 1 rings (SSSR count). The highest BCUT2D eigenvalue weighted by Crippen LogP contribution is 2.22. The Labute approximate surface area is 117 Å². The van der Waals surface area contributed by atoms with Crippen molar-refractivity contribution in [1.82, 2.24) is 5.32 Å². The van der Waals surface area contributed by atoms with Crippen LogP contribution in [-0.2, 0) is 14.3 Å². The summed E-state index contributed by atoms with van der Waals surface area (Å²) in [5.74, 6) is -0.166. The standard InChI is InChI=1S/C15H29NO3/c1-4-11-16-15(2,14(17)18-3)10-5-6-12-19-13-8-7-9-13/h13,16H,4-12H2,1-3H3. The second kappa shape index (κ2) is 8.54. The average molecular weight is 271 g/mol. The van der Waals surface area contributed by atoms with Gasteiger partial charge in [-0.15, -0.1) is 0 Å². The first kappa shape index (κ1) is 16.4. The molecule has 0 aromatic carbocycles. The fourth-order valence-electron chi connectivity index (χ4n) is 2.26. The van der Waals surface area contributed by atoms with Gasteiger partial charge in [0.1, 0.15) is 5.54 Å². The van der Waals surface area contributed by atoms with Crippen LogP contribution in [0.4, 0.5) is 0 Å². The number of esters is 1. The first-order chi connectivity index (χ1) is 9.12. The third-order valence-electron chi connectivity index (χ3n) is 3.88. The zero-order chi connectivity index (χ0) is 14.1. The minimum absolute atomic E-state index is 0.166. The van der Waals surface area contributed by atoms with E-state index in [1.54, 1.807) is 0 Å². The SMILES string of the molecule is CCCNC(C)(CCCCOC1CCC1)C(=O)OC. The van der Waals surface area contributed by atoms with E-state index >= 15 is 0 Å². The second-order valence-electron chi connectivity index (χ2n) is 5.63. The van der Waals surface area contributed by atoms with E-state index in [1.807, 2.05) is 6.92 Å². The van der Waals surface area contributed by atoms with Gasteiger partial charge in [0.05, 0.1) is 13.2 Å². The predicted octanol–water partition coefficient (Wildman–Crippen LogP) is 2.66. The van der Waals surface area contributed by atoms with E-state index in [9.17, 15) is 4.79 Å². The molecule has 0 bridgehead atoms. The number of carbonyl (C=O) groups excluding carboxylic acids is 1. The first-order valence-corrected chi connectivity index (χ1v) is 7.57. The van der Waals surface area contributed by atoms with Gasteiger partial charge >= 0.3 is 5.97 Å². The monoisotopic (exact) mass is 271 g/mol. The third kappa shape index (κ3) is 5.49. The van der Waals surface area contributed by atoms with Crippen molar-refractivity contribution in [2.45, 2.75) is 70.4 Å². The molecule has 0 spiro atoms. The van der Waals surface area contributed by atoms with Gasteiger partial charge in [0, 0.05) is 6.61 Å². The molecule has 1 saturated carbocycles. The largest absolute Gasteiger partial charge is 0.468 e. The van der Waals surface area contributed by atoms with Gasteiger partial charge in [0.2, 0.25) is 0 Å². The van der Waals surface area contributed by atoms with Crippen LogP contribution in [0.5, 0.6) is 0 Å². The van der Waals surface area contributed by atoms with Gasteiger partial charge in [0.25, 0.3) is 0 Å². The van der Waals surface area contributed by atoms with Crippen molar-refractivity contribution < 1.29 is 14.3 Å². The molecule has 1 aliphatic carbocycles. The molecule has 0 aromatic rings. The van der Waals surface area contributed by atoms with Crippen molar-refractivity contribution in [1.29, 1.82) is 0 Å². The van der Waals surface area contributed by atoms with Gasteiger partial charge in [-0.1, -0.05) is 6.92 Å². The van der Waals surface area contributed by atoms with E-state index in [1.165, 1.54) is 26.4 Å². The number of ether oxygens (including phenoxy) is 2. The first-order valence-electron chi connectivity index (χ1n) is 7.57. The van der Waals surface area contributed by atoms with Crippen LogP contribution >= 0.6 is 0 Å². The number of unbranched alkanes of at least 4 members (excludes halogenated alkanes) is 1. The molecule has 1 unspecified atom stereocenters. The number of carbonyl (C=O) groups is 1. The quantitative estimate of drug-likeness (QED) is 0.490. The Balaban J connectivity index is 2.20. The van der Waals surface area contributed by atoms with E-state index in [4.69, 9.17) is 9.47 Å². The van der Waals surface area contributed by atoms with E-state index in [2.05, 4.69) is 12.2 Å². The highest BCUT2D eigenvalue weighted by molar-refractivity contribution is 5.80. The van der Waals surface area contributed by atoms with Gasteiger partial charge in [-0.3, -0.25) is 4.79 Å². The van der Waals surface area contributed by atoms with E-state index in [-0.39, 0.29) is 5.97 Å². The Bertz CT molecular complexity index is 266. The molecule has 0 saturated heterocycles. The van der Waals surface area contributed by atoms with Crippen molar-refractivity contribution in [3.8, 4) is 0 Å². The highest BCUT2D eigenvalue weighted by Gasteiger charge is 2.32. The van der Waals surface area contributed by atoms with E-state index < -0.39 is 5.54 Å². The summed E-state index contributed by atoms with van der Waals surface area (Å²) >= 11 is 0. The van der Waals surface area contributed by atoms with Gasteiger partial charge in [0.15, 0.2) is 0 Å². The van der Waals surface area contributed by atoms with Crippen LogP contribution in [0.1, 0.15) is 58.8 Å². The van der Waals surface area contributed by atoms with Crippen LogP contribution in [0.2, 0.25) is 0 Å². The molecule has 1 atom stereocenters. The molecule has 19 heavy (non-hydrogen) atoms. The number of methoxy groups -OCH3 is 1. The molecular weight excluding hydrogens is 242 g/mol. The van der Waals surface area contributed by atoms with Crippen LogP contribution in [0.3, 0.4) is 0 Å². The fourth-order valence-corrected chi connectivity index (χ4v) is 2.26. The lowest BCUT2D eigenvalue weighted by atomic mass is 9.94. The van der Waals surface area contributed by atoms with Crippen molar-refractivity contribution in [2.24, 2.45) is 0 Å². The molecule has 0 radical (unpaired) electrons. The molecule has 1 aliphatic rings. The van der Waals surface area contributed by atoms with Gasteiger partial charge in [-0.25, -0.2) is 0 Å². The Morgan fingerprint density at radius 1 is 1.37 bits per heavy atom. The Morgan fingerprint density at radius 3 is 2.63 bits per heavy atom. The molecule has 4 nitrogen and oxygen atoms in total. The van der Waals surface area contributed by atoms with E-state index in [0.717, 1.165) is 38.8 Å². The number of rotatable bonds is 10. The summed E-state index contributed by atoms with van der Waals surface area (Å²) in [5, 5.41) is 3.30. The van der Waals surface area contributed by atoms with Gasteiger partial charge in [-0.05, 0) is 58.4 Å². The summed E-state index contributed by atoms with van der Waals surface area (Å²) in [4.78, 5) is 11.9. The Morgan fingerprint density at radius 2 is 2.11 bits per heavy atom. The summed E-state index contributed by atoms with van der Waals surface area (Å²) in [6, 6.07) is 0. The van der Waals surface area contributed by atoms with Crippen LogP contribution in [0.15, 0.2) is 0 Å². The fraction of sp³-hybridized carbons (Fsp3) is 0.933. The molecule has 0 aromatic heterocycles. The Hall–Kier alpha value is -0.610. The van der Waals surface area contributed by atoms with Gasteiger partial charge < -0.3 is 14.8 Å². The molecule has 0 heterocycles. The van der Waals surface area contributed by atoms with Crippen LogP contribution in [0.25, 0.3) is 0 Å². The molecule has 112 valence electrons. The molecular formula is C15H29NO3. The van der Waals surface area contributed by atoms with Gasteiger partial charge in [-0.2, -0.15) is 0 Å². The summed E-state index contributed by atoms with van der Waals surface area (Å²) in [7, 11) is 1.45. The van der Waals surface area contributed by atoms with Crippen LogP contribution in [-0.4, -0.2) is 37.9 Å². The van der Waals surface area contributed by atoms with Crippen molar-refractivity contribution in [2.75, 3.05) is 20.3 Å². The maximum absolute atomic E-state index is 11.9. The smallest absolute Gasteiger partial charge is 0.325 e. The summed E-state index contributed by atoms with van der Waals surface area (Å²) in [6.45, 7) is 5.68. The molecule has 1 fully saturated rings. The number of nitrogens with one attached hydrogen (secondary N) is 1. The van der Waals surface area contributed by atoms with Crippen molar-refractivity contribution in [3.05, 3.63) is 0 Å². The lowest BCUT2D eigenvalue weighted by Crippen LogP contribution is -2.50. The Kier molecular flexibility index (Phi) is 7.39. The predicted molar refractivity (Wildman–Crippen MR) is 76.2 cm³/mol. The summed E-state index contributed by atoms with van der Waals surface area (Å²) in [6.07, 6.45) is 8.06. The maximum Gasteiger partial charge on any atom is 0.325 e. The lowest BCUT2D eigenvalue weighted by molar-refractivity contribution is -0.148. The summed E-state index contributed by atoms with van der Waals surface area (Å²) < 4.78 is 10.6. The third-order valence-corrected chi connectivity index (χ3v) is 3.88.